The van der Waals surface area contributed by atoms with Crippen molar-refractivity contribution in [1.29, 1.82) is 0 Å². The van der Waals surface area contributed by atoms with Gasteiger partial charge < -0.3 is 15.8 Å². The highest BCUT2D eigenvalue weighted by Gasteiger charge is 2.13. The van der Waals surface area contributed by atoms with Crippen molar-refractivity contribution >= 4 is 21.3 Å². The fraction of sp³-hybridized carbons (Fsp3) is 0.214. The van der Waals surface area contributed by atoms with Crippen LogP contribution < -0.4 is 15.8 Å². The van der Waals surface area contributed by atoms with E-state index in [-0.39, 0.29) is 4.90 Å². The number of benzene rings is 1. The molecule has 0 aliphatic carbocycles. The number of hydrogen-bond donors (Lipinski definition) is 2. The molecule has 0 amide bonds. The fourth-order valence-electron chi connectivity index (χ4n) is 1.72. The Morgan fingerprint density at radius 1 is 1.24 bits per heavy atom. The average Bonchev–Trinajstić information content (AvgIpc) is 2.45. The Morgan fingerprint density at radius 2 is 1.95 bits per heavy atom. The van der Waals surface area contributed by atoms with Crippen molar-refractivity contribution in [2.75, 3.05) is 30.5 Å². The second-order valence-corrected chi connectivity index (χ2v) is 6.45. The monoisotopic (exact) mass is 307 g/mol. The van der Waals surface area contributed by atoms with Gasteiger partial charge in [0.05, 0.1) is 6.54 Å². The Bertz CT molecular complexity index is 700. The number of nitrogens with two attached hydrogens (primary N) is 1. The molecule has 2 aromatic rings. The smallest absolute Gasteiger partial charge is 0.179 e. The van der Waals surface area contributed by atoms with Crippen molar-refractivity contribution in [2.24, 2.45) is 0 Å². The lowest BCUT2D eigenvalue weighted by Crippen LogP contribution is -2.14. The van der Waals surface area contributed by atoms with Crippen LogP contribution in [0, 0.1) is 0 Å². The molecule has 0 spiro atoms. The first kappa shape index (κ1) is 15.1. The predicted octanol–water partition coefficient (Wildman–Crippen LogP) is 1.56. The van der Waals surface area contributed by atoms with E-state index in [4.69, 9.17) is 10.5 Å². The van der Waals surface area contributed by atoms with Crippen molar-refractivity contribution in [3.8, 4) is 5.75 Å². The molecule has 112 valence electrons. The van der Waals surface area contributed by atoms with Crippen LogP contribution in [0.25, 0.3) is 0 Å². The largest absolute Gasteiger partial charge is 0.492 e. The number of nitrogen functional groups attached to an aromatic ring is 1. The first-order valence-corrected chi connectivity index (χ1v) is 8.23. The Kier molecular flexibility index (Phi) is 4.64. The Labute approximate surface area is 123 Å². The van der Waals surface area contributed by atoms with Gasteiger partial charge in [0.25, 0.3) is 0 Å². The molecule has 0 saturated carbocycles. The van der Waals surface area contributed by atoms with Crippen LogP contribution in [0.15, 0.2) is 47.5 Å². The van der Waals surface area contributed by atoms with Gasteiger partial charge in [-0.1, -0.05) is 0 Å². The van der Waals surface area contributed by atoms with Crippen molar-refractivity contribution in [3.05, 3.63) is 42.6 Å². The number of anilines is 2. The minimum atomic E-state index is -3.31. The first-order chi connectivity index (χ1) is 9.97. The number of aromatic nitrogens is 1. The average molecular weight is 307 g/mol. The van der Waals surface area contributed by atoms with Gasteiger partial charge in [0.2, 0.25) is 0 Å². The summed E-state index contributed by atoms with van der Waals surface area (Å²) in [6.45, 7) is 0.813. The maximum Gasteiger partial charge on any atom is 0.179 e. The predicted molar refractivity (Wildman–Crippen MR) is 82.2 cm³/mol. The van der Waals surface area contributed by atoms with Crippen LogP contribution in [0.3, 0.4) is 0 Å². The van der Waals surface area contributed by atoms with Crippen molar-refractivity contribution in [2.45, 2.75) is 4.90 Å². The van der Waals surface area contributed by atoms with Gasteiger partial charge in [-0.3, -0.25) is 0 Å². The lowest BCUT2D eigenvalue weighted by atomic mass is 10.3. The van der Waals surface area contributed by atoms with E-state index in [0.29, 0.717) is 30.4 Å². The molecule has 1 aromatic carbocycles. The molecule has 6 nitrogen and oxygen atoms in total. The summed E-state index contributed by atoms with van der Waals surface area (Å²) in [5.74, 6) is 1.04. The third-order valence-electron chi connectivity index (χ3n) is 2.71. The van der Waals surface area contributed by atoms with Crippen LogP contribution in [-0.2, 0) is 9.84 Å². The van der Waals surface area contributed by atoms with Crippen LogP contribution in [-0.4, -0.2) is 32.8 Å². The van der Waals surface area contributed by atoms with Crippen molar-refractivity contribution in [3.63, 3.8) is 0 Å². The molecule has 3 N–H and O–H groups in total. The zero-order valence-corrected chi connectivity index (χ0v) is 12.4. The second-order valence-electron chi connectivity index (χ2n) is 4.47. The van der Waals surface area contributed by atoms with Gasteiger partial charge in [-0.25, -0.2) is 13.4 Å². The minimum Gasteiger partial charge on any atom is -0.492 e. The van der Waals surface area contributed by atoms with Gasteiger partial charge in [0.1, 0.15) is 23.1 Å². The van der Waals surface area contributed by atoms with E-state index in [1.807, 2.05) is 0 Å². The van der Waals surface area contributed by atoms with E-state index in [1.165, 1.54) is 12.3 Å². The number of nitrogens with one attached hydrogen (secondary N) is 1. The number of rotatable bonds is 6. The van der Waals surface area contributed by atoms with Crippen LogP contribution in [0.5, 0.6) is 5.75 Å². The van der Waals surface area contributed by atoms with E-state index in [0.717, 1.165) is 6.26 Å². The number of nitrogens with zero attached hydrogens (tertiary/aromatic N) is 1. The fourth-order valence-corrected chi connectivity index (χ4v) is 2.53. The van der Waals surface area contributed by atoms with Crippen molar-refractivity contribution in [1.82, 2.24) is 4.98 Å². The van der Waals surface area contributed by atoms with Crippen LogP contribution in [0.4, 0.5) is 11.5 Å². The summed E-state index contributed by atoms with van der Waals surface area (Å²) in [5.41, 5.74) is 6.25. The molecule has 21 heavy (non-hydrogen) atoms. The molecule has 1 heterocycles. The molecule has 0 radical (unpaired) electrons. The van der Waals surface area contributed by atoms with Gasteiger partial charge in [-0.15, -0.1) is 0 Å². The number of hydrogen-bond acceptors (Lipinski definition) is 6. The first-order valence-electron chi connectivity index (χ1n) is 6.34. The van der Waals surface area contributed by atoms with E-state index in [9.17, 15) is 8.42 Å². The molecule has 0 bridgehead atoms. The van der Waals surface area contributed by atoms with E-state index in [1.54, 1.807) is 30.3 Å². The summed E-state index contributed by atoms with van der Waals surface area (Å²) in [6.07, 6.45) is 2.69. The Hall–Kier alpha value is -2.28. The van der Waals surface area contributed by atoms with E-state index in [2.05, 4.69) is 10.3 Å². The molecule has 0 aliphatic heterocycles. The maximum absolute atomic E-state index is 11.6. The molecule has 2 rings (SSSR count). The summed E-state index contributed by atoms with van der Waals surface area (Å²) in [4.78, 5) is 4.22. The molecule has 0 aliphatic rings. The van der Waals surface area contributed by atoms with Crippen LogP contribution in [0.2, 0.25) is 0 Å². The van der Waals surface area contributed by atoms with Crippen LogP contribution in [0.1, 0.15) is 0 Å². The molecule has 0 unspecified atom stereocenters. The quantitative estimate of drug-likeness (QED) is 0.621. The summed E-state index contributed by atoms with van der Waals surface area (Å²) < 4.78 is 28.7. The number of ether oxygens (including phenoxy) is 1. The summed E-state index contributed by atoms with van der Waals surface area (Å²) in [6, 6.07) is 10.2. The third-order valence-corrected chi connectivity index (χ3v) is 3.84. The van der Waals surface area contributed by atoms with Crippen molar-refractivity contribution < 1.29 is 13.2 Å². The van der Waals surface area contributed by atoms with Gasteiger partial charge in [-0.2, -0.15) is 0 Å². The third kappa shape index (κ3) is 4.35. The Balaban J connectivity index is 1.91. The number of sulfone groups is 1. The molecule has 0 fully saturated rings. The molecule has 0 saturated heterocycles. The summed E-state index contributed by atoms with van der Waals surface area (Å²) in [5, 5.41) is 2.96. The van der Waals surface area contributed by atoms with Gasteiger partial charge >= 0.3 is 0 Å². The standard InChI is InChI=1S/C14H17N3O3S/c1-21(18,19)13-3-2-8-16-14(13)17-9-10-20-12-6-4-11(15)5-7-12/h2-8H,9-10,15H2,1H3,(H,16,17). The molecule has 1 aromatic heterocycles. The topological polar surface area (TPSA) is 94.3 Å². The lowest BCUT2D eigenvalue weighted by Gasteiger charge is -2.10. The van der Waals surface area contributed by atoms with Gasteiger partial charge in [0, 0.05) is 18.1 Å². The minimum absolute atomic E-state index is 0.178. The van der Waals surface area contributed by atoms with Gasteiger partial charge in [-0.05, 0) is 36.4 Å². The van der Waals surface area contributed by atoms with E-state index < -0.39 is 9.84 Å². The summed E-state index contributed by atoms with van der Waals surface area (Å²) in [7, 11) is -3.31. The van der Waals surface area contributed by atoms with Crippen LogP contribution >= 0.6 is 0 Å². The SMILES string of the molecule is CS(=O)(=O)c1cccnc1NCCOc1ccc(N)cc1. The molecular weight excluding hydrogens is 290 g/mol. The van der Waals surface area contributed by atoms with E-state index >= 15 is 0 Å². The lowest BCUT2D eigenvalue weighted by molar-refractivity contribution is 0.332. The highest BCUT2D eigenvalue weighted by molar-refractivity contribution is 7.90. The maximum atomic E-state index is 11.6. The molecular formula is C14H17N3O3S. The highest BCUT2D eigenvalue weighted by Crippen LogP contribution is 2.17. The molecule has 0 atom stereocenters. The second kappa shape index (κ2) is 6.45. The van der Waals surface area contributed by atoms with Gasteiger partial charge in [0.15, 0.2) is 9.84 Å². The zero-order valence-electron chi connectivity index (χ0n) is 11.6. The summed E-state index contributed by atoms with van der Waals surface area (Å²) >= 11 is 0. The Morgan fingerprint density at radius 3 is 2.62 bits per heavy atom. The molecule has 7 heteroatoms. The normalized spacial score (nSPS) is 11.1. The number of pyridine rings is 1. The zero-order chi connectivity index (χ0) is 15.3. The highest BCUT2D eigenvalue weighted by atomic mass is 32.2.